The molecule has 2 aromatic heterocycles. The Balaban J connectivity index is 1.52. The van der Waals surface area contributed by atoms with Crippen LogP contribution in [0.25, 0.3) is 10.9 Å². The lowest BCUT2D eigenvalue weighted by Gasteiger charge is -2.11. The predicted octanol–water partition coefficient (Wildman–Crippen LogP) is 3.42. The van der Waals surface area contributed by atoms with E-state index in [-0.39, 0.29) is 17.8 Å². The lowest BCUT2D eigenvalue weighted by atomic mass is 10.0. The Morgan fingerprint density at radius 2 is 1.86 bits per heavy atom. The van der Waals surface area contributed by atoms with Gasteiger partial charge in [-0.1, -0.05) is 53.6 Å². The minimum atomic E-state index is -0.942. The number of aliphatic imine (C=N–C) groups is 1. The van der Waals surface area contributed by atoms with Gasteiger partial charge in [0.2, 0.25) is 6.17 Å². The van der Waals surface area contributed by atoms with Crippen LogP contribution in [0.15, 0.2) is 75.6 Å². The molecule has 9 heteroatoms. The number of thiazole rings is 1. The molecule has 5 rings (SSSR count). The number of benzene rings is 2. The summed E-state index contributed by atoms with van der Waals surface area (Å²) >= 11 is 1.39. The van der Waals surface area contributed by atoms with Crippen LogP contribution in [0.2, 0.25) is 0 Å². The van der Waals surface area contributed by atoms with Crippen molar-refractivity contribution in [3.63, 3.8) is 0 Å². The zero-order valence-corrected chi connectivity index (χ0v) is 15.8. The van der Waals surface area contributed by atoms with E-state index in [1.54, 1.807) is 6.20 Å². The van der Waals surface area contributed by atoms with E-state index in [0.717, 1.165) is 11.1 Å². The van der Waals surface area contributed by atoms with Crippen LogP contribution in [0.1, 0.15) is 11.1 Å². The molecule has 0 aliphatic carbocycles. The minimum absolute atomic E-state index is 0.0949. The number of rotatable bonds is 4. The van der Waals surface area contributed by atoms with Crippen LogP contribution in [0, 0.1) is 0 Å². The first kappa shape index (κ1) is 17.3. The zero-order chi connectivity index (χ0) is 19.6. The van der Waals surface area contributed by atoms with E-state index in [0.29, 0.717) is 16.4 Å². The van der Waals surface area contributed by atoms with Crippen molar-refractivity contribution < 1.29 is 9.21 Å². The summed E-state index contributed by atoms with van der Waals surface area (Å²) in [5, 5.41) is 16.2. The Kier molecular flexibility index (Phi) is 4.34. The number of nitrogens with one attached hydrogen (secondary N) is 2. The normalized spacial score (nSPS) is 15.8. The third-order valence-corrected chi connectivity index (χ3v) is 5.06. The number of nitrogens with zero attached hydrogens (tertiary/aromatic N) is 4. The summed E-state index contributed by atoms with van der Waals surface area (Å²) < 4.78 is 5.60. The molecule has 3 heterocycles. The number of aromatic nitrogens is 3. The summed E-state index contributed by atoms with van der Waals surface area (Å²) in [5.74, 6) is -0.0375. The molecule has 2 aromatic carbocycles. The Bertz CT molecular complexity index is 1190. The average molecular weight is 402 g/mol. The fraction of sp³-hybridized carbons (Fsp3) is 0.0500. The first-order valence-corrected chi connectivity index (χ1v) is 9.69. The number of para-hydroxylation sites is 1. The molecule has 8 nitrogen and oxygen atoms in total. The van der Waals surface area contributed by atoms with Crippen LogP contribution in [0.4, 0.5) is 11.7 Å². The number of benzodiazepines with no additional fused rings is 1. The van der Waals surface area contributed by atoms with Gasteiger partial charge in [0.25, 0.3) is 11.8 Å². The highest BCUT2D eigenvalue weighted by atomic mass is 32.1. The van der Waals surface area contributed by atoms with Gasteiger partial charge < -0.3 is 15.1 Å². The van der Waals surface area contributed by atoms with Crippen LogP contribution < -0.4 is 10.6 Å². The molecule has 29 heavy (non-hydrogen) atoms. The number of hydrogen-bond donors (Lipinski definition) is 2. The molecule has 0 spiro atoms. The zero-order valence-electron chi connectivity index (χ0n) is 14.9. The number of hydrogen-bond acceptors (Lipinski definition) is 8. The number of amides is 1. The molecule has 1 atom stereocenters. The van der Waals surface area contributed by atoms with Crippen molar-refractivity contribution in [1.82, 2.24) is 15.2 Å². The van der Waals surface area contributed by atoms with Crippen LogP contribution in [-0.4, -0.2) is 33.0 Å². The topological polar surface area (TPSA) is 105 Å². The lowest BCUT2D eigenvalue weighted by molar-refractivity contribution is -0.116. The van der Waals surface area contributed by atoms with Crippen molar-refractivity contribution in [3.8, 4) is 10.9 Å². The lowest BCUT2D eigenvalue weighted by Crippen LogP contribution is -2.32. The summed E-state index contributed by atoms with van der Waals surface area (Å²) in [6.45, 7) is 0. The van der Waals surface area contributed by atoms with Crippen LogP contribution in [0.5, 0.6) is 0 Å². The number of fused-ring (bicyclic) bond motifs is 1. The summed E-state index contributed by atoms with van der Waals surface area (Å²) in [6, 6.07) is 17.4. The van der Waals surface area contributed by atoms with Crippen LogP contribution in [0.3, 0.4) is 0 Å². The fourth-order valence-electron chi connectivity index (χ4n) is 2.99. The molecule has 4 aromatic rings. The second-order valence-corrected chi connectivity index (χ2v) is 7.07. The maximum Gasteiger partial charge on any atom is 0.317 e. The largest absolute Gasteiger partial charge is 0.401 e. The van der Waals surface area contributed by atoms with Gasteiger partial charge in [0.05, 0.1) is 11.4 Å². The van der Waals surface area contributed by atoms with Crippen molar-refractivity contribution in [1.29, 1.82) is 0 Å². The summed E-state index contributed by atoms with van der Waals surface area (Å²) in [6.07, 6.45) is 0.714. The van der Waals surface area contributed by atoms with Crippen molar-refractivity contribution in [3.05, 3.63) is 77.3 Å². The highest BCUT2D eigenvalue weighted by molar-refractivity contribution is 7.12. The molecule has 0 saturated carbocycles. The van der Waals surface area contributed by atoms with Gasteiger partial charge in [-0.3, -0.25) is 4.79 Å². The molecule has 0 saturated heterocycles. The van der Waals surface area contributed by atoms with E-state index < -0.39 is 6.17 Å². The van der Waals surface area contributed by atoms with Gasteiger partial charge >= 0.3 is 6.01 Å². The molecule has 0 unspecified atom stereocenters. The molecule has 1 amide bonds. The smallest absolute Gasteiger partial charge is 0.317 e. The van der Waals surface area contributed by atoms with Gasteiger partial charge in [-0.05, 0) is 6.07 Å². The third kappa shape index (κ3) is 3.39. The first-order valence-electron chi connectivity index (χ1n) is 8.81. The first-order chi connectivity index (χ1) is 14.3. The average Bonchev–Trinajstić information content (AvgIpc) is 3.42. The molecule has 0 fully saturated rings. The molecular weight excluding hydrogens is 388 g/mol. The minimum Gasteiger partial charge on any atom is -0.401 e. The second-order valence-electron chi connectivity index (χ2n) is 6.18. The van der Waals surface area contributed by atoms with E-state index in [4.69, 9.17) is 4.42 Å². The quantitative estimate of drug-likeness (QED) is 0.542. The maximum atomic E-state index is 12.8. The van der Waals surface area contributed by atoms with Gasteiger partial charge in [0, 0.05) is 22.7 Å². The van der Waals surface area contributed by atoms with Crippen LogP contribution >= 0.6 is 11.3 Å². The van der Waals surface area contributed by atoms with Crippen molar-refractivity contribution in [2.75, 3.05) is 10.6 Å². The second kappa shape index (κ2) is 7.28. The Morgan fingerprint density at radius 3 is 2.69 bits per heavy atom. The number of carbonyl (C=O) groups excluding carboxylic acids is 1. The third-order valence-electron chi connectivity index (χ3n) is 4.29. The van der Waals surface area contributed by atoms with Gasteiger partial charge in [-0.2, -0.15) is 0 Å². The van der Waals surface area contributed by atoms with Gasteiger partial charge in [0.15, 0.2) is 5.01 Å². The molecule has 0 bridgehead atoms. The predicted molar refractivity (Wildman–Crippen MR) is 110 cm³/mol. The molecule has 1 aliphatic rings. The van der Waals surface area contributed by atoms with E-state index in [2.05, 4.69) is 30.8 Å². The molecule has 2 N–H and O–H groups in total. The van der Waals surface area contributed by atoms with Crippen molar-refractivity contribution in [2.24, 2.45) is 4.99 Å². The highest BCUT2D eigenvalue weighted by Crippen LogP contribution is 2.26. The van der Waals surface area contributed by atoms with Gasteiger partial charge in [-0.25, -0.2) is 9.98 Å². The molecule has 1 aliphatic heterocycles. The summed E-state index contributed by atoms with van der Waals surface area (Å²) in [4.78, 5) is 21.6. The molecule has 142 valence electrons. The Hall–Kier alpha value is -3.85. The molecule has 0 radical (unpaired) electrons. The van der Waals surface area contributed by atoms with Crippen molar-refractivity contribution >= 4 is 34.7 Å². The fourth-order valence-corrected chi connectivity index (χ4v) is 3.55. The summed E-state index contributed by atoms with van der Waals surface area (Å²) in [7, 11) is 0. The van der Waals surface area contributed by atoms with Crippen LogP contribution in [-0.2, 0) is 4.79 Å². The van der Waals surface area contributed by atoms with E-state index >= 15 is 0 Å². The highest BCUT2D eigenvalue weighted by Gasteiger charge is 2.27. The SMILES string of the molecule is O=C1Nc2ccccc2C(c2ccccc2)=N[C@@H]1Nc1nnc(-c2nccs2)o1. The monoisotopic (exact) mass is 402 g/mol. The standard InChI is InChI=1S/C20H14N6O2S/c27-17-16(24-20-26-25-18(28-20)19-21-10-11-29-19)23-15(12-6-2-1-3-7-12)13-8-4-5-9-14(13)22-17/h1-11,16H,(H,22,27)(H,24,26)/t16-/m1/s1. The van der Waals surface area contributed by atoms with Crippen molar-refractivity contribution in [2.45, 2.75) is 6.17 Å². The Labute approximate surface area is 169 Å². The maximum absolute atomic E-state index is 12.8. The van der Waals surface area contributed by atoms with Gasteiger partial charge in [0.1, 0.15) is 0 Å². The van der Waals surface area contributed by atoms with Gasteiger partial charge in [-0.15, -0.1) is 16.4 Å². The van der Waals surface area contributed by atoms with E-state index in [9.17, 15) is 4.79 Å². The Morgan fingerprint density at radius 1 is 1.03 bits per heavy atom. The van der Waals surface area contributed by atoms with E-state index in [1.807, 2.05) is 60.0 Å². The molecular formula is C20H14N6O2S. The summed E-state index contributed by atoms with van der Waals surface area (Å²) in [5.41, 5.74) is 3.12. The number of anilines is 2. The van der Waals surface area contributed by atoms with E-state index in [1.165, 1.54) is 11.3 Å². The number of carbonyl (C=O) groups is 1.